The monoisotopic (exact) mass is 372 g/mol. The average Bonchev–Trinajstić information content (AvgIpc) is 2.93. The maximum atomic E-state index is 13.2. The van der Waals surface area contributed by atoms with Crippen molar-refractivity contribution < 1.29 is 19.1 Å². The van der Waals surface area contributed by atoms with E-state index in [9.17, 15) is 9.59 Å². The summed E-state index contributed by atoms with van der Waals surface area (Å²) in [7, 11) is 3.23. The standard InChI is InChI=1S/C21H28N2O4/c1-15-6-4-11-22(14-15)19-18(16-7-9-17(27-3)10-8-16)20(24)23(21(19)25)12-5-13-26-2/h7-10,15H,4-6,11-14H2,1-3H3. The van der Waals surface area contributed by atoms with Gasteiger partial charge in [-0.1, -0.05) is 19.1 Å². The average molecular weight is 372 g/mol. The third-order valence-corrected chi connectivity index (χ3v) is 5.23. The lowest BCUT2D eigenvalue weighted by molar-refractivity contribution is -0.137. The van der Waals surface area contributed by atoms with Crippen molar-refractivity contribution in [1.82, 2.24) is 9.80 Å². The molecule has 2 aliphatic heterocycles. The van der Waals surface area contributed by atoms with Crippen LogP contribution in [0.1, 0.15) is 31.7 Å². The van der Waals surface area contributed by atoms with Gasteiger partial charge in [-0.15, -0.1) is 0 Å². The second-order valence-electron chi connectivity index (χ2n) is 7.25. The summed E-state index contributed by atoms with van der Waals surface area (Å²) in [5.41, 5.74) is 1.82. The number of piperidine rings is 1. The van der Waals surface area contributed by atoms with Gasteiger partial charge in [-0.2, -0.15) is 0 Å². The molecule has 0 saturated carbocycles. The van der Waals surface area contributed by atoms with E-state index in [0.29, 0.717) is 36.8 Å². The third kappa shape index (κ3) is 4.00. The van der Waals surface area contributed by atoms with Crippen molar-refractivity contribution in [3.8, 4) is 5.75 Å². The van der Waals surface area contributed by atoms with E-state index in [1.54, 1.807) is 14.2 Å². The number of carbonyl (C=O) groups is 2. The first-order valence-electron chi connectivity index (χ1n) is 9.55. The highest BCUT2D eigenvalue weighted by atomic mass is 16.5. The minimum absolute atomic E-state index is 0.184. The Morgan fingerprint density at radius 3 is 2.48 bits per heavy atom. The zero-order valence-electron chi connectivity index (χ0n) is 16.4. The molecule has 6 heteroatoms. The number of carbonyl (C=O) groups excluding carboxylic acids is 2. The Kier molecular flexibility index (Phi) is 6.16. The third-order valence-electron chi connectivity index (χ3n) is 5.23. The topological polar surface area (TPSA) is 59.1 Å². The second kappa shape index (κ2) is 8.57. The highest BCUT2D eigenvalue weighted by molar-refractivity contribution is 6.35. The minimum Gasteiger partial charge on any atom is -0.497 e. The fourth-order valence-electron chi connectivity index (χ4n) is 3.84. The number of hydrogen-bond acceptors (Lipinski definition) is 5. The Bertz CT molecular complexity index is 726. The van der Waals surface area contributed by atoms with Crippen molar-refractivity contribution >= 4 is 17.4 Å². The van der Waals surface area contributed by atoms with Gasteiger partial charge in [0.15, 0.2) is 0 Å². The van der Waals surface area contributed by atoms with E-state index in [2.05, 4.69) is 11.8 Å². The lowest BCUT2D eigenvalue weighted by Crippen LogP contribution is -2.39. The van der Waals surface area contributed by atoms with Crippen LogP contribution >= 0.6 is 0 Å². The molecule has 1 saturated heterocycles. The molecule has 2 heterocycles. The zero-order valence-corrected chi connectivity index (χ0v) is 16.4. The van der Waals surface area contributed by atoms with Gasteiger partial charge in [-0.05, 0) is 42.9 Å². The van der Waals surface area contributed by atoms with Crippen LogP contribution in [-0.4, -0.2) is 62.1 Å². The number of ether oxygens (including phenoxy) is 2. The van der Waals surface area contributed by atoms with Gasteiger partial charge in [0.2, 0.25) is 0 Å². The summed E-state index contributed by atoms with van der Waals surface area (Å²) in [4.78, 5) is 29.8. The van der Waals surface area contributed by atoms with Crippen molar-refractivity contribution in [2.75, 3.05) is 40.5 Å². The molecule has 1 atom stereocenters. The largest absolute Gasteiger partial charge is 0.497 e. The first-order chi connectivity index (χ1) is 13.1. The summed E-state index contributed by atoms with van der Waals surface area (Å²) in [6.07, 6.45) is 2.82. The van der Waals surface area contributed by atoms with E-state index in [1.165, 1.54) is 4.90 Å². The molecule has 27 heavy (non-hydrogen) atoms. The summed E-state index contributed by atoms with van der Waals surface area (Å²) < 4.78 is 10.3. The number of likely N-dealkylation sites (tertiary alicyclic amines) is 1. The van der Waals surface area contributed by atoms with Gasteiger partial charge < -0.3 is 14.4 Å². The molecule has 2 aliphatic rings. The quantitative estimate of drug-likeness (QED) is 0.544. The number of benzene rings is 1. The van der Waals surface area contributed by atoms with Crippen molar-refractivity contribution in [3.63, 3.8) is 0 Å². The summed E-state index contributed by atoms with van der Waals surface area (Å²) in [5, 5.41) is 0. The molecule has 146 valence electrons. The Labute approximate surface area is 160 Å². The smallest absolute Gasteiger partial charge is 0.277 e. The molecule has 0 N–H and O–H groups in total. The van der Waals surface area contributed by atoms with E-state index >= 15 is 0 Å². The molecule has 6 nitrogen and oxygen atoms in total. The molecule has 0 radical (unpaired) electrons. The first-order valence-corrected chi connectivity index (χ1v) is 9.55. The fraction of sp³-hybridized carbons (Fsp3) is 0.524. The summed E-state index contributed by atoms with van der Waals surface area (Å²) in [6, 6.07) is 7.35. The second-order valence-corrected chi connectivity index (χ2v) is 7.25. The summed E-state index contributed by atoms with van der Waals surface area (Å²) >= 11 is 0. The van der Waals surface area contributed by atoms with Gasteiger partial charge in [-0.25, -0.2) is 0 Å². The van der Waals surface area contributed by atoms with E-state index in [4.69, 9.17) is 9.47 Å². The van der Waals surface area contributed by atoms with Gasteiger partial charge >= 0.3 is 0 Å². The molecule has 0 bridgehead atoms. The predicted octanol–water partition coefficient (Wildman–Crippen LogP) is 2.54. The Balaban J connectivity index is 1.97. The van der Waals surface area contributed by atoms with Crippen LogP contribution in [0.5, 0.6) is 5.75 Å². The highest BCUT2D eigenvalue weighted by Crippen LogP contribution is 2.34. The maximum Gasteiger partial charge on any atom is 0.277 e. The van der Waals surface area contributed by atoms with Gasteiger partial charge in [0.1, 0.15) is 11.4 Å². The molecule has 0 aromatic heterocycles. The molecule has 0 spiro atoms. The van der Waals surface area contributed by atoms with Crippen LogP contribution in [-0.2, 0) is 14.3 Å². The van der Waals surface area contributed by atoms with Gasteiger partial charge in [0.25, 0.3) is 11.8 Å². The van der Waals surface area contributed by atoms with Crippen LogP contribution in [0.4, 0.5) is 0 Å². The molecule has 1 aromatic rings. The number of amides is 2. The minimum atomic E-state index is -0.213. The van der Waals surface area contributed by atoms with Crippen LogP contribution in [0.3, 0.4) is 0 Å². The first kappa shape index (κ1) is 19.4. The summed E-state index contributed by atoms with van der Waals surface area (Å²) in [5.74, 6) is 0.834. The van der Waals surface area contributed by atoms with Gasteiger partial charge in [-0.3, -0.25) is 14.5 Å². The number of rotatable bonds is 7. The zero-order chi connectivity index (χ0) is 19.4. The van der Waals surface area contributed by atoms with Gasteiger partial charge in [0, 0.05) is 33.4 Å². The van der Waals surface area contributed by atoms with Crippen LogP contribution in [0.2, 0.25) is 0 Å². The van der Waals surface area contributed by atoms with E-state index in [1.807, 2.05) is 24.3 Å². The highest BCUT2D eigenvalue weighted by Gasteiger charge is 2.41. The molecule has 1 aromatic carbocycles. The number of nitrogens with zero attached hydrogens (tertiary/aromatic N) is 2. The van der Waals surface area contributed by atoms with Crippen LogP contribution < -0.4 is 4.74 Å². The SMILES string of the molecule is COCCCN1C(=O)C(c2ccc(OC)cc2)=C(N2CCCC(C)C2)C1=O. The normalized spacial score (nSPS) is 20.6. The van der Waals surface area contributed by atoms with Crippen molar-refractivity contribution in [1.29, 1.82) is 0 Å². The number of imide groups is 1. The fourth-order valence-corrected chi connectivity index (χ4v) is 3.84. The van der Waals surface area contributed by atoms with Crippen LogP contribution in [0.25, 0.3) is 5.57 Å². The van der Waals surface area contributed by atoms with E-state index < -0.39 is 0 Å². The van der Waals surface area contributed by atoms with Gasteiger partial charge in [0.05, 0.1) is 12.7 Å². The number of hydrogen-bond donors (Lipinski definition) is 0. The lowest BCUT2D eigenvalue weighted by Gasteiger charge is -2.33. The molecule has 3 rings (SSSR count). The Morgan fingerprint density at radius 1 is 1.11 bits per heavy atom. The Morgan fingerprint density at radius 2 is 1.85 bits per heavy atom. The van der Waals surface area contributed by atoms with Crippen molar-refractivity contribution in [2.24, 2.45) is 5.92 Å². The maximum absolute atomic E-state index is 13.2. The molecular formula is C21H28N2O4. The lowest BCUT2D eigenvalue weighted by atomic mass is 9.98. The summed E-state index contributed by atoms with van der Waals surface area (Å²) in [6.45, 7) is 4.70. The number of methoxy groups -OCH3 is 2. The van der Waals surface area contributed by atoms with E-state index in [0.717, 1.165) is 37.2 Å². The molecular weight excluding hydrogens is 344 g/mol. The van der Waals surface area contributed by atoms with Crippen molar-refractivity contribution in [2.45, 2.75) is 26.2 Å². The molecule has 1 fully saturated rings. The predicted molar refractivity (Wildman–Crippen MR) is 103 cm³/mol. The van der Waals surface area contributed by atoms with Crippen LogP contribution in [0, 0.1) is 5.92 Å². The van der Waals surface area contributed by atoms with E-state index in [-0.39, 0.29) is 11.8 Å². The van der Waals surface area contributed by atoms with Crippen LogP contribution in [0.15, 0.2) is 30.0 Å². The van der Waals surface area contributed by atoms with Crippen molar-refractivity contribution in [3.05, 3.63) is 35.5 Å². The molecule has 2 amide bonds. The molecule has 1 unspecified atom stereocenters. The Hall–Kier alpha value is -2.34. The molecule has 0 aliphatic carbocycles.